The van der Waals surface area contributed by atoms with Crippen LogP contribution in [0.25, 0.3) is 11.5 Å². The summed E-state index contributed by atoms with van der Waals surface area (Å²) >= 11 is 0. The van der Waals surface area contributed by atoms with Gasteiger partial charge in [0.05, 0.1) is 12.2 Å². The van der Waals surface area contributed by atoms with Gasteiger partial charge in [-0.2, -0.15) is 18.2 Å². The standard InChI is InChI=1S/C29H34F3N3O4/c1-3-5-6-7-8-9-10-25-33-26(39-34-25)23-15-11-21(12-16-23)19-35(27(36)28(37)38-4-2)20-22-13-17-24(18-14-22)29(30,31)32/h11-18H,3-10,19-20H2,1-2H3. The second kappa shape index (κ2) is 14.5. The van der Waals surface area contributed by atoms with Crippen LogP contribution in [0.1, 0.15) is 74.9 Å². The molecular weight excluding hydrogens is 511 g/mol. The van der Waals surface area contributed by atoms with Crippen LogP contribution in [0.3, 0.4) is 0 Å². The maximum Gasteiger partial charge on any atom is 0.416 e. The van der Waals surface area contributed by atoms with E-state index >= 15 is 0 Å². The van der Waals surface area contributed by atoms with Crippen molar-refractivity contribution in [1.82, 2.24) is 15.0 Å². The number of aryl methyl sites for hydroxylation is 1. The molecule has 2 aromatic carbocycles. The number of aromatic nitrogens is 2. The highest BCUT2D eigenvalue weighted by atomic mass is 19.4. The molecule has 0 saturated heterocycles. The van der Waals surface area contributed by atoms with Gasteiger partial charge in [-0.3, -0.25) is 4.79 Å². The Balaban J connectivity index is 1.65. The molecule has 0 bridgehead atoms. The number of esters is 1. The van der Waals surface area contributed by atoms with Gasteiger partial charge in [0, 0.05) is 25.1 Å². The van der Waals surface area contributed by atoms with Gasteiger partial charge in [0.15, 0.2) is 5.82 Å². The third-order valence-electron chi connectivity index (χ3n) is 6.19. The van der Waals surface area contributed by atoms with Crippen LogP contribution in [-0.2, 0) is 40.0 Å². The Morgan fingerprint density at radius 3 is 2.05 bits per heavy atom. The van der Waals surface area contributed by atoms with E-state index in [4.69, 9.17) is 9.26 Å². The van der Waals surface area contributed by atoms with Crippen molar-refractivity contribution < 1.29 is 32.0 Å². The lowest BCUT2D eigenvalue weighted by Gasteiger charge is -2.22. The molecule has 0 aliphatic carbocycles. The molecule has 7 nitrogen and oxygen atoms in total. The van der Waals surface area contributed by atoms with Crippen molar-refractivity contribution in [2.24, 2.45) is 0 Å². The first kappa shape index (κ1) is 29.9. The highest BCUT2D eigenvalue weighted by Crippen LogP contribution is 2.29. The molecule has 0 fully saturated rings. The zero-order valence-corrected chi connectivity index (χ0v) is 22.3. The fraction of sp³-hybridized carbons (Fsp3) is 0.448. The van der Waals surface area contributed by atoms with Gasteiger partial charge in [0.2, 0.25) is 0 Å². The zero-order chi connectivity index (χ0) is 28.3. The highest BCUT2D eigenvalue weighted by molar-refractivity contribution is 6.32. The van der Waals surface area contributed by atoms with E-state index in [2.05, 4.69) is 17.1 Å². The summed E-state index contributed by atoms with van der Waals surface area (Å²) in [7, 11) is 0. The van der Waals surface area contributed by atoms with Crippen molar-refractivity contribution in [2.45, 2.75) is 78.1 Å². The maximum absolute atomic E-state index is 12.9. The average molecular weight is 546 g/mol. The average Bonchev–Trinajstić information content (AvgIpc) is 3.39. The normalized spacial score (nSPS) is 11.4. The smallest absolute Gasteiger partial charge is 0.416 e. The number of carbonyl (C=O) groups is 2. The van der Waals surface area contributed by atoms with Crippen LogP contribution in [0.15, 0.2) is 53.1 Å². The van der Waals surface area contributed by atoms with Crippen LogP contribution < -0.4 is 0 Å². The second-order valence-corrected chi connectivity index (χ2v) is 9.31. The van der Waals surface area contributed by atoms with Gasteiger partial charge in [-0.05, 0) is 48.7 Å². The number of amides is 1. The van der Waals surface area contributed by atoms with Crippen LogP contribution in [0, 0.1) is 0 Å². The molecule has 0 atom stereocenters. The highest BCUT2D eigenvalue weighted by Gasteiger charge is 2.30. The van der Waals surface area contributed by atoms with E-state index in [1.165, 1.54) is 42.7 Å². The minimum atomic E-state index is -4.46. The predicted molar refractivity (Wildman–Crippen MR) is 139 cm³/mol. The number of hydrogen-bond donors (Lipinski definition) is 0. The lowest BCUT2D eigenvalue weighted by atomic mass is 10.1. The van der Waals surface area contributed by atoms with Crippen molar-refractivity contribution in [3.8, 4) is 11.5 Å². The Bertz CT molecular complexity index is 1190. The summed E-state index contributed by atoms with van der Waals surface area (Å²) in [6.07, 6.45) is 3.34. The Morgan fingerprint density at radius 2 is 1.46 bits per heavy atom. The lowest BCUT2D eigenvalue weighted by molar-refractivity contribution is -0.160. The summed E-state index contributed by atoms with van der Waals surface area (Å²) < 4.78 is 49.0. The number of nitrogens with zero attached hydrogens (tertiary/aromatic N) is 3. The fourth-order valence-electron chi connectivity index (χ4n) is 4.05. The Labute approximate surface area is 226 Å². The van der Waals surface area contributed by atoms with Gasteiger partial charge >= 0.3 is 18.1 Å². The topological polar surface area (TPSA) is 85.5 Å². The minimum absolute atomic E-state index is 0.0262. The summed E-state index contributed by atoms with van der Waals surface area (Å²) in [6, 6.07) is 11.6. The third-order valence-corrected chi connectivity index (χ3v) is 6.19. The quantitative estimate of drug-likeness (QED) is 0.134. The molecule has 1 aromatic heterocycles. The zero-order valence-electron chi connectivity index (χ0n) is 22.3. The number of rotatable bonds is 13. The van der Waals surface area contributed by atoms with Crippen LogP contribution >= 0.6 is 0 Å². The molecule has 0 spiro atoms. The molecule has 0 aliphatic heterocycles. The van der Waals surface area contributed by atoms with Crippen molar-refractivity contribution in [3.63, 3.8) is 0 Å². The van der Waals surface area contributed by atoms with Crippen molar-refractivity contribution in [2.75, 3.05) is 6.61 Å². The molecule has 1 heterocycles. The molecule has 0 N–H and O–H groups in total. The van der Waals surface area contributed by atoms with Gasteiger partial charge in [-0.1, -0.05) is 68.4 Å². The maximum atomic E-state index is 12.9. The first-order valence-electron chi connectivity index (χ1n) is 13.2. The molecular formula is C29H34F3N3O4. The van der Waals surface area contributed by atoms with E-state index in [1.54, 1.807) is 31.2 Å². The number of hydrogen-bond acceptors (Lipinski definition) is 6. The van der Waals surface area contributed by atoms with E-state index in [9.17, 15) is 22.8 Å². The molecule has 39 heavy (non-hydrogen) atoms. The van der Waals surface area contributed by atoms with E-state index in [0.29, 0.717) is 28.4 Å². The molecule has 10 heteroatoms. The van der Waals surface area contributed by atoms with E-state index in [1.807, 2.05) is 0 Å². The number of ether oxygens (including phenoxy) is 1. The molecule has 210 valence electrons. The van der Waals surface area contributed by atoms with Crippen LogP contribution in [-0.4, -0.2) is 33.5 Å². The van der Waals surface area contributed by atoms with Crippen LogP contribution in [0.2, 0.25) is 0 Å². The largest absolute Gasteiger partial charge is 0.459 e. The van der Waals surface area contributed by atoms with Crippen molar-refractivity contribution >= 4 is 11.9 Å². The van der Waals surface area contributed by atoms with Gasteiger partial charge in [-0.15, -0.1) is 0 Å². The molecule has 0 aliphatic rings. The minimum Gasteiger partial charge on any atom is -0.459 e. The Kier molecular flexibility index (Phi) is 11.1. The van der Waals surface area contributed by atoms with Crippen molar-refractivity contribution in [1.29, 1.82) is 0 Å². The fourth-order valence-corrected chi connectivity index (χ4v) is 4.05. The molecule has 3 aromatic rings. The Morgan fingerprint density at radius 1 is 0.872 bits per heavy atom. The molecule has 0 saturated carbocycles. The summed E-state index contributed by atoms with van der Waals surface area (Å²) in [5.74, 6) is -0.846. The number of halogens is 3. The number of alkyl halides is 3. The second-order valence-electron chi connectivity index (χ2n) is 9.31. The third kappa shape index (κ3) is 9.23. The Hall–Kier alpha value is -3.69. The first-order valence-corrected chi connectivity index (χ1v) is 13.2. The van der Waals surface area contributed by atoms with E-state index < -0.39 is 23.6 Å². The van der Waals surface area contributed by atoms with Crippen molar-refractivity contribution in [3.05, 3.63) is 71.0 Å². The van der Waals surface area contributed by atoms with E-state index in [0.717, 1.165) is 31.4 Å². The summed E-state index contributed by atoms with van der Waals surface area (Å²) in [5, 5.41) is 4.06. The van der Waals surface area contributed by atoms with Crippen LogP contribution in [0.5, 0.6) is 0 Å². The SMILES string of the molecule is CCCCCCCCc1noc(-c2ccc(CN(Cc3ccc(C(F)(F)F)cc3)C(=O)C(=O)OCC)cc2)n1. The van der Waals surface area contributed by atoms with Crippen LogP contribution in [0.4, 0.5) is 13.2 Å². The number of carbonyl (C=O) groups excluding carboxylic acids is 2. The lowest BCUT2D eigenvalue weighted by Crippen LogP contribution is -2.36. The number of benzene rings is 2. The predicted octanol–water partition coefficient (Wildman–Crippen LogP) is 6.75. The molecule has 1 amide bonds. The van der Waals surface area contributed by atoms with E-state index in [-0.39, 0.29) is 19.7 Å². The van der Waals surface area contributed by atoms with Gasteiger partial charge in [0.1, 0.15) is 0 Å². The summed E-state index contributed by atoms with van der Waals surface area (Å²) in [4.78, 5) is 30.6. The molecule has 3 rings (SSSR count). The van der Waals surface area contributed by atoms with Gasteiger partial charge in [0.25, 0.3) is 5.89 Å². The number of unbranched alkanes of at least 4 members (excludes halogenated alkanes) is 5. The van der Waals surface area contributed by atoms with Gasteiger partial charge in [-0.25, -0.2) is 4.79 Å². The summed E-state index contributed by atoms with van der Waals surface area (Å²) in [5.41, 5.74) is 1.07. The summed E-state index contributed by atoms with van der Waals surface area (Å²) in [6.45, 7) is 3.78. The van der Waals surface area contributed by atoms with Gasteiger partial charge < -0.3 is 14.2 Å². The monoisotopic (exact) mass is 545 g/mol. The molecule has 0 radical (unpaired) electrons. The molecule has 0 unspecified atom stereocenters. The first-order chi connectivity index (χ1) is 18.7.